The van der Waals surface area contributed by atoms with Crippen LogP contribution < -0.4 is 5.32 Å². The van der Waals surface area contributed by atoms with E-state index in [9.17, 15) is 0 Å². The number of hydrogen-bond acceptors (Lipinski definition) is 3. The number of unbranched alkanes of at least 4 members (excludes halogenated alkanes) is 1. The summed E-state index contributed by atoms with van der Waals surface area (Å²) in [5.41, 5.74) is 2.13. The zero-order chi connectivity index (χ0) is 14.3. The first kappa shape index (κ1) is 16.5. The molecular weight excluding hydrogens is 260 g/mol. The van der Waals surface area contributed by atoms with Crippen LogP contribution in [0.15, 0.2) is 0 Å². The molecule has 5 heteroatoms. The summed E-state index contributed by atoms with van der Waals surface area (Å²) >= 11 is 6.36. The third-order valence-electron chi connectivity index (χ3n) is 3.20. The molecule has 0 aromatic carbocycles. The molecular formula is C14H27ClN4. The summed E-state index contributed by atoms with van der Waals surface area (Å²) in [6.45, 7) is 8.05. The third kappa shape index (κ3) is 5.13. The summed E-state index contributed by atoms with van der Waals surface area (Å²) < 4.78 is 2.01. The van der Waals surface area contributed by atoms with Crippen molar-refractivity contribution in [1.82, 2.24) is 20.0 Å². The highest BCUT2D eigenvalue weighted by Crippen LogP contribution is 2.21. The van der Waals surface area contributed by atoms with Crippen molar-refractivity contribution in [3.05, 3.63) is 16.4 Å². The number of aromatic nitrogens is 2. The van der Waals surface area contributed by atoms with Gasteiger partial charge in [-0.2, -0.15) is 5.10 Å². The van der Waals surface area contributed by atoms with E-state index in [2.05, 4.69) is 43.3 Å². The fourth-order valence-corrected chi connectivity index (χ4v) is 2.41. The monoisotopic (exact) mass is 286 g/mol. The van der Waals surface area contributed by atoms with Gasteiger partial charge in [-0.3, -0.25) is 4.68 Å². The van der Waals surface area contributed by atoms with Gasteiger partial charge in [-0.1, -0.05) is 18.5 Å². The van der Waals surface area contributed by atoms with Crippen molar-refractivity contribution >= 4 is 11.6 Å². The minimum atomic E-state index is 0.807. The van der Waals surface area contributed by atoms with E-state index in [0.717, 1.165) is 49.0 Å². The van der Waals surface area contributed by atoms with Crippen LogP contribution in [0.25, 0.3) is 0 Å². The fraction of sp³-hybridized carbons (Fsp3) is 0.786. The van der Waals surface area contributed by atoms with Crippen molar-refractivity contribution in [2.75, 3.05) is 27.2 Å². The highest BCUT2D eigenvalue weighted by Gasteiger charge is 2.13. The smallest absolute Gasteiger partial charge is 0.0863 e. The van der Waals surface area contributed by atoms with E-state index in [4.69, 9.17) is 11.6 Å². The highest BCUT2D eigenvalue weighted by atomic mass is 35.5. The van der Waals surface area contributed by atoms with Gasteiger partial charge in [0.15, 0.2) is 0 Å². The highest BCUT2D eigenvalue weighted by molar-refractivity contribution is 6.31. The second kappa shape index (κ2) is 8.56. The molecule has 0 amide bonds. The van der Waals surface area contributed by atoms with Gasteiger partial charge in [0.1, 0.15) is 0 Å². The molecule has 0 unspecified atom stereocenters. The lowest BCUT2D eigenvalue weighted by Crippen LogP contribution is -2.20. The number of halogens is 1. The second-order valence-electron chi connectivity index (χ2n) is 5.06. The molecule has 4 nitrogen and oxygen atoms in total. The SMILES string of the molecule is CCc1nn(CC)c(CNCCCCN(C)C)c1Cl. The molecule has 1 aromatic rings. The summed E-state index contributed by atoms with van der Waals surface area (Å²) in [7, 11) is 4.22. The van der Waals surface area contributed by atoms with Crippen molar-refractivity contribution in [2.24, 2.45) is 0 Å². The minimum Gasteiger partial charge on any atom is -0.311 e. The normalized spacial score (nSPS) is 11.5. The summed E-state index contributed by atoms with van der Waals surface area (Å²) in [4.78, 5) is 2.22. The van der Waals surface area contributed by atoms with Gasteiger partial charge in [0.25, 0.3) is 0 Å². The molecule has 0 aliphatic rings. The van der Waals surface area contributed by atoms with E-state index < -0.39 is 0 Å². The van der Waals surface area contributed by atoms with Crippen molar-refractivity contribution in [1.29, 1.82) is 0 Å². The van der Waals surface area contributed by atoms with Gasteiger partial charge in [0.05, 0.1) is 16.4 Å². The first-order chi connectivity index (χ1) is 9.10. The molecule has 0 fully saturated rings. The Bertz CT molecular complexity index is 374. The maximum atomic E-state index is 6.36. The molecule has 0 radical (unpaired) electrons. The van der Waals surface area contributed by atoms with E-state index in [0.29, 0.717) is 0 Å². The second-order valence-corrected chi connectivity index (χ2v) is 5.44. The summed E-state index contributed by atoms with van der Waals surface area (Å²) in [6, 6.07) is 0. The van der Waals surface area contributed by atoms with Crippen LogP contribution in [0.2, 0.25) is 5.02 Å². The zero-order valence-corrected chi connectivity index (χ0v) is 13.4. The van der Waals surface area contributed by atoms with Gasteiger partial charge in [-0.25, -0.2) is 0 Å². The average molecular weight is 287 g/mol. The lowest BCUT2D eigenvalue weighted by Gasteiger charge is -2.10. The Morgan fingerprint density at radius 2 is 2.00 bits per heavy atom. The molecule has 0 spiro atoms. The minimum absolute atomic E-state index is 0.807. The summed E-state index contributed by atoms with van der Waals surface area (Å²) in [5.74, 6) is 0. The molecule has 0 aliphatic heterocycles. The number of rotatable bonds is 9. The fourth-order valence-electron chi connectivity index (χ4n) is 2.07. The first-order valence-electron chi connectivity index (χ1n) is 7.19. The van der Waals surface area contributed by atoms with Gasteiger partial charge in [-0.05, 0) is 53.4 Å². The van der Waals surface area contributed by atoms with E-state index in [-0.39, 0.29) is 0 Å². The summed E-state index contributed by atoms with van der Waals surface area (Å²) in [6.07, 6.45) is 3.30. The van der Waals surface area contributed by atoms with Gasteiger partial charge in [0.2, 0.25) is 0 Å². The maximum absolute atomic E-state index is 6.36. The van der Waals surface area contributed by atoms with Crippen LogP contribution in [0.4, 0.5) is 0 Å². The predicted molar refractivity (Wildman–Crippen MR) is 81.8 cm³/mol. The molecule has 19 heavy (non-hydrogen) atoms. The van der Waals surface area contributed by atoms with E-state index in [1.165, 1.54) is 12.8 Å². The van der Waals surface area contributed by atoms with Crippen LogP contribution in [0.1, 0.15) is 38.1 Å². The number of nitrogens with zero attached hydrogens (tertiary/aromatic N) is 3. The van der Waals surface area contributed by atoms with Crippen molar-refractivity contribution in [2.45, 2.75) is 46.2 Å². The molecule has 0 atom stereocenters. The largest absolute Gasteiger partial charge is 0.311 e. The van der Waals surface area contributed by atoms with E-state index in [1.54, 1.807) is 0 Å². The topological polar surface area (TPSA) is 33.1 Å². The Kier molecular flexibility index (Phi) is 7.42. The zero-order valence-electron chi connectivity index (χ0n) is 12.7. The van der Waals surface area contributed by atoms with Gasteiger partial charge < -0.3 is 10.2 Å². The van der Waals surface area contributed by atoms with Crippen molar-refractivity contribution in [3.8, 4) is 0 Å². The Labute approximate surface area is 122 Å². The lowest BCUT2D eigenvalue weighted by atomic mass is 10.2. The maximum Gasteiger partial charge on any atom is 0.0863 e. The van der Waals surface area contributed by atoms with E-state index >= 15 is 0 Å². The van der Waals surface area contributed by atoms with Crippen LogP contribution in [-0.2, 0) is 19.5 Å². The summed E-state index contributed by atoms with van der Waals surface area (Å²) in [5, 5.41) is 8.83. The number of nitrogens with one attached hydrogen (secondary N) is 1. The molecule has 1 N–H and O–H groups in total. The Morgan fingerprint density at radius 1 is 1.26 bits per heavy atom. The average Bonchev–Trinajstić information content (AvgIpc) is 2.69. The van der Waals surface area contributed by atoms with Crippen LogP contribution in [-0.4, -0.2) is 41.9 Å². The van der Waals surface area contributed by atoms with Crippen LogP contribution >= 0.6 is 11.6 Å². The Hall–Kier alpha value is -0.580. The standard InChI is InChI=1S/C14H27ClN4/c1-5-12-14(15)13(19(6-2)17-12)11-16-9-7-8-10-18(3)4/h16H,5-11H2,1-4H3. The van der Waals surface area contributed by atoms with Gasteiger partial charge in [0, 0.05) is 13.1 Å². The van der Waals surface area contributed by atoms with Crippen LogP contribution in [0, 0.1) is 0 Å². The quantitative estimate of drug-likeness (QED) is 0.708. The molecule has 1 rings (SSSR count). The predicted octanol–water partition coefficient (Wildman–Crippen LogP) is 2.55. The molecule has 0 bridgehead atoms. The Morgan fingerprint density at radius 3 is 2.58 bits per heavy atom. The Balaban J connectivity index is 2.38. The molecule has 1 aromatic heterocycles. The number of aryl methyl sites for hydroxylation is 2. The van der Waals surface area contributed by atoms with Crippen LogP contribution in [0.3, 0.4) is 0 Å². The van der Waals surface area contributed by atoms with Crippen molar-refractivity contribution < 1.29 is 0 Å². The lowest BCUT2D eigenvalue weighted by molar-refractivity contribution is 0.391. The first-order valence-corrected chi connectivity index (χ1v) is 7.57. The molecule has 0 aliphatic carbocycles. The van der Waals surface area contributed by atoms with Crippen molar-refractivity contribution in [3.63, 3.8) is 0 Å². The van der Waals surface area contributed by atoms with Gasteiger partial charge >= 0.3 is 0 Å². The number of hydrogen-bond donors (Lipinski definition) is 1. The van der Waals surface area contributed by atoms with Crippen LogP contribution in [0.5, 0.6) is 0 Å². The van der Waals surface area contributed by atoms with Gasteiger partial charge in [-0.15, -0.1) is 0 Å². The van der Waals surface area contributed by atoms with E-state index in [1.807, 2.05) is 4.68 Å². The molecule has 0 saturated heterocycles. The molecule has 110 valence electrons. The molecule has 0 saturated carbocycles. The molecule has 1 heterocycles. The third-order valence-corrected chi connectivity index (χ3v) is 3.63.